The number of carbonyl (C=O) groups excluding carboxylic acids is 1. The van der Waals surface area contributed by atoms with Crippen molar-refractivity contribution < 1.29 is 13.9 Å². The van der Waals surface area contributed by atoms with Crippen LogP contribution in [0.2, 0.25) is 0 Å². The maximum absolute atomic E-state index is 13.2. The number of hydrogen-bond donors (Lipinski definition) is 1. The fourth-order valence-corrected chi connectivity index (χ4v) is 1.69. The number of halogens is 1. The van der Waals surface area contributed by atoms with Crippen molar-refractivity contribution in [1.29, 1.82) is 0 Å². The lowest BCUT2D eigenvalue weighted by Crippen LogP contribution is -2.33. The quantitative estimate of drug-likeness (QED) is 0.648. The van der Waals surface area contributed by atoms with Gasteiger partial charge in [0.2, 0.25) is 0 Å². The molecule has 0 rings (SSSR count). The standard InChI is InChI=1S/C14H28FNO2/c1-5-11(6-2)10-18-13(17)12(16)8-7-9-14(3,4)15/h11-12H,5-10,16H2,1-4H3/t12-/m0/s1. The third-order valence-electron chi connectivity index (χ3n) is 3.21. The number of esters is 1. The van der Waals surface area contributed by atoms with Gasteiger partial charge in [-0.3, -0.25) is 4.79 Å². The summed E-state index contributed by atoms with van der Waals surface area (Å²) in [4.78, 5) is 11.6. The molecule has 0 heterocycles. The van der Waals surface area contributed by atoms with Crippen LogP contribution in [0.5, 0.6) is 0 Å². The molecule has 3 nitrogen and oxygen atoms in total. The largest absolute Gasteiger partial charge is 0.464 e. The molecule has 0 bridgehead atoms. The highest BCUT2D eigenvalue weighted by Crippen LogP contribution is 2.18. The van der Waals surface area contributed by atoms with Crippen molar-refractivity contribution in [2.24, 2.45) is 11.7 Å². The lowest BCUT2D eigenvalue weighted by molar-refractivity contribution is -0.146. The second-order valence-corrected chi connectivity index (χ2v) is 5.53. The monoisotopic (exact) mass is 261 g/mol. The van der Waals surface area contributed by atoms with Crippen LogP contribution in [0.25, 0.3) is 0 Å². The van der Waals surface area contributed by atoms with Crippen molar-refractivity contribution >= 4 is 5.97 Å². The van der Waals surface area contributed by atoms with Crippen molar-refractivity contribution in [3.05, 3.63) is 0 Å². The first-order chi connectivity index (χ1) is 8.30. The molecule has 2 N–H and O–H groups in total. The fourth-order valence-electron chi connectivity index (χ4n) is 1.69. The highest BCUT2D eigenvalue weighted by Gasteiger charge is 2.19. The van der Waals surface area contributed by atoms with Crippen molar-refractivity contribution in [3.63, 3.8) is 0 Å². The fraction of sp³-hybridized carbons (Fsp3) is 0.929. The minimum atomic E-state index is -1.20. The maximum atomic E-state index is 13.2. The maximum Gasteiger partial charge on any atom is 0.322 e. The molecular weight excluding hydrogens is 233 g/mol. The van der Waals surface area contributed by atoms with Crippen LogP contribution >= 0.6 is 0 Å². The van der Waals surface area contributed by atoms with Gasteiger partial charge in [-0.15, -0.1) is 0 Å². The number of rotatable bonds is 9. The summed E-state index contributed by atoms with van der Waals surface area (Å²) in [6.45, 7) is 7.65. The molecule has 0 radical (unpaired) electrons. The van der Waals surface area contributed by atoms with E-state index in [1.807, 2.05) is 0 Å². The van der Waals surface area contributed by atoms with Gasteiger partial charge in [0.05, 0.1) is 6.61 Å². The van der Waals surface area contributed by atoms with Gasteiger partial charge in [-0.2, -0.15) is 0 Å². The van der Waals surface area contributed by atoms with Gasteiger partial charge in [-0.1, -0.05) is 26.7 Å². The summed E-state index contributed by atoms with van der Waals surface area (Å²) in [5.74, 6) is 0.0458. The molecule has 18 heavy (non-hydrogen) atoms. The molecule has 0 spiro atoms. The molecule has 0 aromatic carbocycles. The Morgan fingerprint density at radius 1 is 1.33 bits per heavy atom. The van der Waals surface area contributed by atoms with E-state index in [1.54, 1.807) is 0 Å². The van der Waals surface area contributed by atoms with Crippen LogP contribution in [-0.2, 0) is 9.53 Å². The summed E-state index contributed by atoms with van der Waals surface area (Å²) in [6.07, 6.45) is 3.49. The van der Waals surface area contributed by atoms with Crippen molar-refractivity contribution in [2.45, 2.75) is 71.5 Å². The Hall–Kier alpha value is -0.640. The number of hydrogen-bond acceptors (Lipinski definition) is 3. The van der Waals surface area contributed by atoms with Crippen LogP contribution < -0.4 is 5.73 Å². The normalized spacial score (nSPS) is 13.7. The summed E-state index contributed by atoms with van der Waals surface area (Å²) in [7, 11) is 0. The summed E-state index contributed by atoms with van der Waals surface area (Å²) in [5.41, 5.74) is 4.52. The molecule has 0 aromatic rings. The van der Waals surface area contributed by atoms with Crippen molar-refractivity contribution in [2.75, 3.05) is 6.61 Å². The first kappa shape index (κ1) is 17.4. The van der Waals surface area contributed by atoms with Crippen LogP contribution in [0.1, 0.15) is 59.8 Å². The Morgan fingerprint density at radius 3 is 2.33 bits per heavy atom. The zero-order chi connectivity index (χ0) is 14.2. The molecule has 108 valence electrons. The van der Waals surface area contributed by atoms with E-state index < -0.39 is 11.7 Å². The van der Waals surface area contributed by atoms with Crippen LogP contribution in [0.15, 0.2) is 0 Å². The van der Waals surface area contributed by atoms with Crippen molar-refractivity contribution in [3.8, 4) is 0 Å². The SMILES string of the molecule is CCC(CC)COC(=O)[C@@H](N)CCCC(C)(C)F. The lowest BCUT2D eigenvalue weighted by atomic mass is 10.0. The van der Waals surface area contributed by atoms with E-state index in [-0.39, 0.29) is 5.97 Å². The van der Waals surface area contributed by atoms with Crippen LogP contribution in [0.4, 0.5) is 4.39 Å². The number of ether oxygens (including phenoxy) is 1. The average Bonchev–Trinajstić information content (AvgIpc) is 2.28. The minimum Gasteiger partial charge on any atom is -0.464 e. The van der Waals surface area contributed by atoms with Crippen LogP contribution in [0.3, 0.4) is 0 Å². The Bertz CT molecular complexity index is 234. The second-order valence-electron chi connectivity index (χ2n) is 5.53. The Labute approximate surface area is 110 Å². The zero-order valence-electron chi connectivity index (χ0n) is 12.2. The minimum absolute atomic E-state index is 0.362. The van der Waals surface area contributed by atoms with Gasteiger partial charge in [0, 0.05) is 0 Å². The highest BCUT2D eigenvalue weighted by molar-refractivity contribution is 5.75. The molecule has 0 saturated carbocycles. The molecule has 0 unspecified atom stereocenters. The van der Waals surface area contributed by atoms with Gasteiger partial charge in [-0.25, -0.2) is 4.39 Å². The molecule has 0 aliphatic carbocycles. The first-order valence-electron chi connectivity index (χ1n) is 6.91. The molecule has 0 aliphatic rings. The van der Waals surface area contributed by atoms with Gasteiger partial charge >= 0.3 is 5.97 Å². The lowest BCUT2D eigenvalue weighted by Gasteiger charge is -2.17. The average molecular weight is 261 g/mol. The van der Waals surface area contributed by atoms with E-state index in [2.05, 4.69) is 13.8 Å². The molecular formula is C14H28FNO2. The summed E-state index contributed by atoms with van der Waals surface area (Å²) in [6, 6.07) is -0.623. The first-order valence-corrected chi connectivity index (χ1v) is 6.91. The van der Waals surface area contributed by atoms with E-state index in [4.69, 9.17) is 10.5 Å². The molecule has 0 saturated heterocycles. The molecule has 0 fully saturated rings. The van der Waals surface area contributed by atoms with Gasteiger partial charge < -0.3 is 10.5 Å². The number of alkyl halides is 1. The topological polar surface area (TPSA) is 52.3 Å². The van der Waals surface area contributed by atoms with E-state index in [0.717, 1.165) is 12.8 Å². The van der Waals surface area contributed by atoms with Crippen molar-refractivity contribution in [1.82, 2.24) is 0 Å². The van der Waals surface area contributed by atoms with Gasteiger partial charge in [-0.05, 0) is 39.0 Å². The predicted octanol–water partition coefficient (Wildman–Crippen LogP) is 3.21. The Morgan fingerprint density at radius 2 is 1.89 bits per heavy atom. The van der Waals surface area contributed by atoms with Gasteiger partial charge in [0.1, 0.15) is 11.7 Å². The van der Waals surface area contributed by atoms with Gasteiger partial charge in [0.15, 0.2) is 0 Å². The third-order valence-corrected chi connectivity index (χ3v) is 3.21. The highest BCUT2D eigenvalue weighted by atomic mass is 19.1. The van der Waals surface area contributed by atoms with E-state index in [0.29, 0.717) is 31.8 Å². The summed E-state index contributed by atoms with van der Waals surface area (Å²) in [5, 5.41) is 0. The van der Waals surface area contributed by atoms with Crippen LogP contribution in [0, 0.1) is 5.92 Å². The Balaban J connectivity index is 3.82. The molecule has 0 amide bonds. The summed E-state index contributed by atoms with van der Waals surface area (Å²) >= 11 is 0. The molecule has 4 heteroatoms. The van der Waals surface area contributed by atoms with E-state index in [1.165, 1.54) is 13.8 Å². The number of nitrogens with two attached hydrogens (primary N) is 1. The zero-order valence-corrected chi connectivity index (χ0v) is 12.2. The number of carbonyl (C=O) groups is 1. The second kappa shape index (κ2) is 8.46. The molecule has 0 aliphatic heterocycles. The van der Waals surface area contributed by atoms with E-state index >= 15 is 0 Å². The van der Waals surface area contributed by atoms with E-state index in [9.17, 15) is 9.18 Å². The predicted molar refractivity (Wildman–Crippen MR) is 72.0 cm³/mol. The Kier molecular flexibility index (Phi) is 8.16. The third kappa shape index (κ3) is 8.45. The summed E-state index contributed by atoms with van der Waals surface area (Å²) < 4.78 is 18.4. The molecule has 0 aromatic heterocycles. The van der Waals surface area contributed by atoms with Gasteiger partial charge in [0.25, 0.3) is 0 Å². The van der Waals surface area contributed by atoms with Crippen LogP contribution in [-0.4, -0.2) is 24.3 Å². The smallest absolute Gasteiger partial charge is 0.322 e. The molecule has 1 atom stereocenters.